The third-order valence-electron chi connectivity index (χ3n) is 14.7. The molecule has 0 aliphatic carbocycles. The van der Waals surface area contributed by atoms with Gasteiger partial charge in [-0.15, -0.1) is 0 Å². The number of rotatable bonds is 68. The summed E-state index contributed by atoms with van der Waals surface area (Å²) in [6.07, 6.45) is 87.2. The minimum Gasteiger partial charge on any atom is -0.463 e. The second kappa shape index (κ2) is 71.0. The first-order valence-corrected chi connectivity index (χ1v) is 39.8. The van der Waals surface area contributed by atoms with Crippen LogP contribution in [-0.4, -0.2) is 95.9 Å². The van der Waals surface area contributed by atoms with Crippen molar-refractivity contribution in [2.24, 2.45) is 0 Å². The zero-order valence-corrected chi connectivity index (χ0v) is 61.7. The van der Waals surface area contributed by atoms with Gasteiger partial charge in [-0.3, -0.25) is 32.5 Å². The van der Waals surface area contributed by atoms with E-state index in [1.54, 1.807) is 0 Å². The predicted octanol–water partition coefficient (Wildman–Crippen LogP) is 21.1. The van der Waals surface area contributed by atoms with Gasteiger partial charge in [0.1, 0.15) is 25.4 Å². The molecule has 0 fully saturated rings. The van der Waals surface area contributed by atoms with Crippen LogP contribution in [0.1, 0.15) is 265 Å². The zero-order valence-electron chi connectivity index (χ0n) is 59.9. The number of ether oxygens (including phenoxy) is 3. The molecular formula is C79H130O16P2. The van der Waals surface area contributed by atoms with E-state index >= 15 is 0 Å². The smallest absolute Gasteiger partial charge is 0.463 e. The highest BCUT2D eigenvalue weighted by molar-refractivity contribution is 7.47. The number of esters is 3. The molecule has 0 bridgehead atoms. The van der Waals surface area contributed by atoms with Crippen LogP contribution in [-0.2, 0) is 55.8 Å². The Morgan fingerprint density at radius 3 is 0.866 bits per heavy atom. The van der Waals surface area contributed by atoms with Crippen LogP contribution in [0.2, 0.25) is 0 Å². The number of unbranched alkanes of at least 4 members (excludes halogenated alkanes) is 19. The van der Waals surface area contributed by atoms with E-state index in [9.17, 15) is 43.5 Å². The zero-order chi connectivity index (χ0) is 70.9. The van der Waals surface area contributed by atoms with Crippen molar-refractivity contribution in [2.75, 3.05) is 39.6 Å². The lowest BCUT2D eigenvalue weighted by molar-refractivity contribution is -0.161. The summed E-state index contributed by atoms with van der Waals surface area (Å²) in [4.78, 5) is 58.5. The van der Waals surface area contributed by atoms with Gasteiger partial charge >= 0.3 is 33.6 Å². The molecule has 0 saturated carbocycles. The topological polar surface area (TPSA) is 231 Å². The third kappa shape index (κ3) is 72.2. The molecule has 0 radical (unpaired) electrons. The van der Waals surface area contributed by atoms with Crippen molar-refractivity contribution in [3.05, 3.63) is 158 Å². The van der Waals surface area contributed by atoms with E-state index in [4.69, 9.17) is 32.3 Å². The van der Waals surface area contributed by atoms with E-state index in [0.717, 1.165) is 186 Å². The van der Waals surface area contributed by atoms with Crippen LogP contribution in [0, 0.1) is 0 Å². The average Bonchev–Trinajstić information content (AvgIpc) is 1.63. The molecular weight excluding hydrogens is 1270 g/mol. The molecule has 0 rings (SSSR count). The summed E-state index contributed by atoms with van der Waals surface area (Å²) in [5, 5.41) is 20.6. The average molecular weight is 1400 g/mol. The lowest BCUT2D eigenvalue weighted by Crippen LogP contribution is -2.30. The highest BCUT2D eigenvalue weighted by atomic mass is 31.2. The first-order chi connectivity index (χ1) is 47.2. The Bertz CT molecular complexity index is 2400. The maximum Gasteiger partial charge on any atom is 0.472 e. The van der Waals surface area contributed by atoms with Crippen molar-refractivity contribution in [2.45, 2.75) is 283 Å². The van der Waals surface area contributed by atoms with E-state index in [1.807, 2.05) is 0 Å². The number of phosphoric ester groups is 2. The molecule has 0 amide bonds. The molecule has 0 spiro atoms. The minimum absolute atomic E-state index is 0.0786. The summed E-state index contributed by atoms with van der Waals surface area (Å²) in [6.45, 7) is 2.31. The number of aliphatic hydroxyl groups excluding tert-OH is 2. The van der Waals surface area contributed by atoms with Crippen LogP contribution in [0.3, 0.4) is 0 Å². The van der Waals surface area contributed by atoms with Gasteiger partial charge in [0.25, 0.3) is 0 Å². The molecule has 0 aliphatic heterocycles. The fourth-order valence-electron chi connectivity index (χ4n) is 9.17. The first kappa shape index (κ1) is 92.2. The number of carbonyl (C=O) groups is 3. The van der Waals surface area contributed by atoms with Crippen LogP contribution in [0.25, 0.3) is 0 Å². The molecule has 18 heteroatoms. The van der Waals surface area contributed by atoms with Crippen LogP contribution < -0.4 is 0 Å². The Hall–Kier alpha value is -4.83. The van der Waals surface area contributed by atoms with E-state index in [1.165, 1.54) is 19.3 Å². The maximum absolute atomic E-state index is 12.9. The molecule has 16 nitrogen and oxygen atoms in total. The number of carbonyl (C=O) groups excluding carboxylic acids is 3. The summed E-state index contributed by atoms with van der Waals surface area (Å²) in [6, 6.07) is 0. The molecule has 0 aliphatic rings. The summed E-state index contributed by atoms with van der Waals surface area (Å²) in [7, 11) is -9.80. The van der Waals surface area contributed by atoms with Gasteiger partial charge in [-0.05, 0) is 141 Å². The Balaban J connectivity index is 4.59. The monoisotopic (exact) mass is 1400 g/mol. The van der Waals surface area contributed by atoms with E-state index in [0.29, 0.717) is 19.3 Å². The largest absolute Gasteiger partial charge is 0.472 e. The first-order valence-electron chi connectivity index (χ1n) is 36.8. The quantitative estimate of drug-likeness (QED) is 0.0146. The summed E-state index contributed by atoms with van der Waals surface area (Å²) < 4.78 is 61.0. The maximum atomic E-state index is 12.9. The fourth-order valence-corrected chi connectivity index (χ4v) is 10.8. The van der Waals surface area contributed by atoms with Crippen LogP contribution >= 0.6 is 15.6 Å². The van der Waals surface area contributed by atoms with E-state index < -0.39 is 91.5 Å². The van der Waals surface area contributed by atoms with Crippen LogP contribution in [0.4, 0.5) is 0 Å². The van der Waals surface area contributed by atoms with Gasteiger partial charge in [0.2, 0.25) is 0 Å². The molecule has 4 N–H and O–H groups in total. The number of allylic oxidation sites excluding steroid dienone is 26. The molecule has 5 unspecified atom stereocenters. The highest BCUT2D eigenvalue weighted by Gasteiger charge is 2.29. The molecule has 552 valence electrons. The summed E-state index contributed by atoms with van der Waals surface area (Å²) in [5.41, 5.74) is 0. The normalized spacial score (nSPS) is 15.0. The number of phosphoric acid groups is 2. The number of hydrogen-bond donors (Lipinski definition) is 4. The number of hydrogen-bond acceptors (Lipinski definition) is 14. The Morgan fingerprint density at radius 2 is 0.546 bits per heavy atom. The van der Waals surface area contributed by atoms with Crippen molar-refractivity contribution in [3.63, 3.8) is 0 Å². The van der Waals surface area contributed by atoms with Crippen molar-refractivity contribution in [3.8, 4) is 0 Å². The predicted molar refractivity (Wildman–Crippen MR) is 399 cm³/mol. The molecule has 0 saturated heterocycles. The summed E-state index contributed by atoms with van der Waals surface area (Å²) >= 11 is 0. The van der Waals surface area contributed by atoms with Gasteiger partial charge in [0.15, 0.2) is 6.10 Å². The van der Waals surface area contributed by atoms with Crippen molar-refractivity contribution >= 4 is 33.6 Å². The summed E-state index contributed by atoms with van der Waals surface area (Å²) in [5.74, 6) is -1.63. The molecule has 97 heavy (non-hydrogen) atoms. The Labute approximate surface area is 587 Å². The van der Waals surface area contributed by atoms with E-state index in [2.05, 4.69) is 179 Å². The number of aliphatic hydroxyl groups is 2. The van der Waals surface area contributed by atoms with Crippen molar-refractivity contribution in [1.82, 2.24) is 0 Å². The Kier molecular flexibility index (Phi) is 67.5. The van der Waals surface area contributed by atoms with Crippen molar-refractivity contribution < 1.29 is 75.8 Å². The van der Waals surface area contributed by atoms with Gasteiger partial charge in [-0.1, -0.05) is 262 Å². The lowest BCUT2D eigenvalue weighted by Gasteiger charge is -2.21. The van der Waals surface area contributed by atoms with Crippen LogP contribution in [0.5, 0.6) is 0 Å². The van der Waals surface area contributed by atoms with Crippen molar-refractivity contribution in [1.29, 1.82) is 0 Å². The lowest BCUT2D eigenvalue weighted by atomic mass is 10.1. The van der Waals surface area contributed by atoms with Crippen LogP contribution in [0.15, 0.2) is 158 Å². The third-order valence-corrected chi connectivity index (χ3v) is 16.6. The fraction of sp³-hybridized carbons (Fsp3) is 0.633. The molecule has 5 atom stereocenters. The molecule has 0 aromatic carbocycles. The SMILES string of the molecule is CC/C=C\C/C=C\C/C=C\C/C=C\C/C=C\C/C=C\CCCCCCCCCCC(=O)OCC(O)COP(=O)(O)OCC(O)COP(=O)(O)OCC(COC(=O)CCCCCCC/C=C\C/C=C\C/C=C\C/C=C\C/C=C\CC)OC(=O)CCCCCCC/C=C\C/C=C\CCC. The van der Waals surface area contributed by atoms with Gasteiger partial charge in [-0.25, -0.2) is 9.13 Å². The second-order valence-electron chi connectivity index (χ2n) is 24.0. The Morgan fingerprint density at radius 1 is 0.299 bits per heavy atom. The van der Waals surface area contributed by atoms with E-state index in [-0.39, 0.29) is 19.3 Å². The molecule has 0 aromatic heterocycles. The standard InChI is InChI=1S/C79H130O16P2/c1-4-7-10-13-16-19-22-25-27-29-31-33-34-35-36-37-38-40-42-43-45-48-50-53-56-59-62-65-77(82)89-68-74(80)69-91-96(85,86)92-70-75(81)71-93-97(87,88)94-73-76(95-79(84)67-64-61-58-55-52-47-24-21-18-15-12-9-6-3)72-90-78(83)66-63-60-57-54-51-49-46-44-41-39-32-30-28-26-23-20-17-14-11-8-5-2/h7-8,10-12,15-17,19-21,24-28,31-33,35-36,38-40,44,46,74-76,80-81H,4-6,9,13-14,18,22-23,29-30,34,37,41-43,45,47-73H2,1-3H3,(H,85,86)(H,87,88)/b10-7-,11-8-,15-12-,19-16-,20-17-,24-21-,27-25-,28-26-,33-31-,36-35-,39-32-,40-38-,46-44-. The second-order valence-corrected chi connectivity index (χ2v) is 26.9. The molecule has 0 heterocycles. The van der Waals surface area contributed by atoms with Gasteiger partial charge in [0.05, 0.1) is 26.4 Å². The highest BCUT2D eigenvalue weighted by Crippen LogP contribution is 2.45. The molecule has 0 aromatic rings. The van der Waals surface area contributed by atoms with Gasteiger partial charge < -0.3 is 34.2 Å². The minimum atomic E-state index is -4.94. The van der Waals surface area contributed by atoms with Gasteiger partial charge in [0, 0.05) is 19.3 Å². The van der Waals surface area contributed by atoms with Gasteiger partial charge in [-0.2, -0.15) is 0 Å².